The van der Waals surface area contributed by atoms with Crippen molar-refractivity contribution in [3.63, 3.8) is 0 Å². The number of benzene rings is 1. The van der Waals surface area contributed by atoms with Crippen LogP contribution in [0.4, 0.5) is 0 Å². The third-order valence-electron chi connectivity index (χ3n) is 3.37. The van der Waals surface area contributed by atoms with E-state index in [4.69, 9.17) is 9.47 Å². The number of carbonyl (C=O) groups excluding carboxylic acids is 1. The number of ether oxygens (including phenoxy) is 2. The van der Waals surface area contributed by atoms with E-state index in [1.165, 1.54) is 0 Å². The molecule has 0 aromatic heterocycles. The van der Waals surface area contributed by atoms with Crippen molar-refractivity contribution < 1.29 is 47.0 Å². The third-order valence-corrected chi connectivity index (χ3v) is 4.34. The number of alkyl halides is 1. The van der Waals surface area contributed by atoms with Crippen LogP contribution in [0.15, 0.2) is 18.2 Å². The van der Waals surface area contributed by atoms with Crippen LogP contribution in [0, 0.1) is 13.0 Å². The molecule has 1 radical (unpaired) electrons. The molecule has 22 heavy (non-hydrogen) atoms. The first-order valence-electron chi connectivity index (χ1n) is 6.87. The molecule has 1 atom stereocenters. The number of halogens is 1. The standard InChI is InChI=1S/C16H19INO3.Y/c1-4-18-15(8-7-14(17)16(18)19)13-6-5-12(9-11(13)2)21-10-20-3;/h5-6,9,14H,4,7,10H2,1-3H3;/q-1;. The van der Waals surface area contributed by atoms with Gasteiger partial charge in [-0.1, -0.05) is 35.9 Å². The molecule has 0 bridgehead atoms. The van der Waals surface area contributed by atoms with Crippen LogP contribution >= 0.6 is 22.6 Å². The third kappa shape index (κ3) is 4.52. The first kappa shape index (κ1) is 20.1. The monoisotopic (exact) mass is 489 g/mol. The zero-order chi connectivity index (χ0) is 15.4. The molecule has 117 valence electrons. The van der Waals surface area contributed by atoms with Crippen molar-refractivity contribution in [1.29, 1.82) is 0 Å². The number of hydrogen-bond acceptors (Lipinski definition) is 3. The Hall–Kier alpha value is 0.0239. The van der Waals surface area contributed by atoms with Crippen LogP contribution in [0.3, 0.4) is 0 Å². The van der Waals surface area contributed by atoms with E-state index < -0.39 is 0 Å². The van der Waals surface area contributed by atoms with Crippen LogP contribution in [0.2, 0.25) is 0 Å². The average Bonchev–Trinajstić information content (AvgIpc) is 2.48. The number of amides is 1. The summed E-state index contributed by atoms with van der Waals surface area (Å²) in [5.41, 5.74) is 2.97. The molecule has 1 heterocycles. The van der Waals surface area contributed by atoms with E-state index in [1.54, 1.807) is 12.0 Å². The van der Waals surface area contributed by atoms with Gasteiger partial charge in [-0.15, -0.1) is 22.9 Å². The second-order valence-corrected chi connectivity index (χ2v) is 6.31. The van der Waals surface area contributed by atoms with E-state index in [0.717, 1.165) is 22.6 Å². The Bertz CT molecular complexity index is 562. The Morgan fingerprint density at radius 1 is 1.45 bits per heavy atom. The molecule has 4 nitrogen and oxygen atoms in total. The summed E-state index contributed by atoms with van der Waals surface area (Å²) in [6.45, 7) is 4.88. The van der Waals surface area contributed by atoms with E-state index in [2.05, 4.69) is 28.7 Å². The number of nitrogens with zero attached hydrogens (tertiary/aromatic N) is 1. The van der Waals surface area contributed by atoms with Crippen LogP contribution in [0.25, 0.3) is 5.70 Å². The number of methoxy groups -OCH3 is 1. The Labute approximate surface area is 170 Å². The van der Waals surface area contributed by atoms with Crippen LogP contribution in [0.1, 0.15) is 24.5 Å². The summed E-state index contributed by atoms with van der Waals surface area (Å²) in [5.74, 6) is 0.918. The quantitative estimate of drug-likeness (QED) is 0.276. The SMILES string of the molecule is CCN1C(=O)C(I)C[C-]=C1c1ccc(OCOC)cc1C.[Y]. The summed E-state index contributed by atoms with van der Waals surface area (Å²) in [6, 6.07) is 5.83. The van der Waals surface area contributed by atoms with Crippen molar-refractivity contribution >= 4 is 34.2 Å². The normalized spacial score (nSPS) is 17.8. The van der Waals surface area contributed by atoms with Crippen LogP contribution in [-0.4, -0.2) is 35.2 Å². The van der Waals surface area contributed by atoms with Gasteiger partial charge in [0.15, 0.2) is 6.79 Å². The van der Waals surface area contributed by atoms with Gasteiger partial charge in [-0.3, -0.25) is 4.79 Å². The predicted molar refractivity (Wildman–Crippen MR) is 90.1 cm³/mol. The van der Waals surface area contributed by atoms with Gasteiger partial charge in [0.1, 0.15) is 5.75 Å². The Morgan fingerprint density at radius 2 is 2.18 bits per heavy atom. The summed E-state index contributed by atoms with van der Waals surface area (Å²) in [5, 5.41) is 0. The van der Waals surface area contributed by atoms with Crippen molar-refractivity contribution in [2.24, 2.45) is 0 Å². The van der Waals surface area contributed by atoms with Gasteiger partial charge in [-0.25, -0.2) is 6.08 Å². The molecule has 6 heteroatoms. The van der Waals surface area contributed by atoms with Gasteiger partial charge in [-0.05, 0) is 19.1 Å². The topological polar surface area (TPSA) is 38.8 Å². The number of rotatable bonds is 5. The molecule has 1 amide bonds. The Balaban J connectivity index is 0.00000242. The zero-order valence-electron chi connectivity index (χ0n) is 13.1. The molecule has 0 saturated heterocycles. The smallest absolute Gasteiger partial charge is 0.235 e. The van der Waals surface area contributed by atoms with Crippen molar-refractivity contribution in [1.82, 2.24) is 4.90 Å². The molecule has 1 aliphatic rings. The maximum atomic E-state index is 12.3. The van der Waals surface area contributed by atoms with Gasteiger partial charge < -0.3 is 14.4 Å². The average molecular weight is 489 g/mol. The minimum Gasteiger partial charge on any atom is -0.468 e. The van der Waals surface area contributed by atoms with E-state index >= 15 is 0 Å². The fourth-order valence-corrected chi connectivity index (χ4v) is 2.88. The summed E-state index contributed by atoms with van der Waals surface area (Å²) in [4.78, 5) is 14.1. The number of carbonyl (C=O) groups is 1. The van der Waals surface area contributed by atoms with Gasteiger partial charge in [0.05, 0.1) is 3.92 Å². The number of hydrogen-bond donors (Lipinski definition) is 0. The van der Waals surface area contributed by atoms with Gasteiger partial charge in [-0.2, -0.15) is 0 Å². The van der Waals surface area contributed by atoms with Crippen LogP contribution in [0.5, 0.6) is 5.75 Å². The molecule has 1 aromatic rings. The van der Waals surface area contributed by atoms with Crippen molar-refractivity contribution in [3.05, 3.63) is 35.4 Å². The maximum Gasteiger partial charge on any atom is 0.235 e. The molecular formula is C16H19INO3Y-. The molecule has 1 aliphatic heterocycles. The zero-order valence-corrected chi connectivity index (χ0v) is 18.1. The van der Waals surface area contributed by atoms with Gasteiger partial charge in [0.25, 0.3) is 0 Å². The van der Waals surface area contributed by atoms with Crippen LogP contribution in [-0.2, 0) is 42.2 Å². The van der Waals surface area contributed by atoms with Crippen molar-refractivity contribution in [3.8, 4) is 5.75 Å². The molecule has 0 N–H and O–H groups in total. The first-order chi connectivity index (χ1) is 10.1. The molecule has 1 unspecified atom stereocenters. The molecule has 0 saturated carbocycles. The van der Waals surface area contributed by atoms with E-state index in [-0.39, 0.29) is 49.3 Å². The fraction of sp³-hybridized carbons (Fsp3) is 0.438. The molecule has 0 fully saturated rings. The predicted octanol–water partition coefficient (Wildman–Crippen LogP) is 3.18. The summed E-state index contributed by atoms with van der Waals surface area (Å²) >= 11 is 2.18. The summed E-state index contributed by atoms with van der Waals surface area (Å²) < 4.78 is 10.3. The van der Waals surface area contributed by atoms with Gasteiger partial charge >= 0.3 is 0 Å². The second kappa shape index (κ2) is 9.35. The Kier molecular flexibility index (Phi) is 8.53. The largest absolute Gasteiger partial charge is 0.468 e. The number of allylic oxidation sites excluding steroid dienone is 1. The van der Waals surface area contributed by atoms with E-state index in [1.807, 2.05) is 32.0 Å². The molecule has 1 aromatic carbocycles. The fourth-order valence-electron chi connectivity index (χ4n) is 2.32. The van der Waals surface area contributed by atoms with Gasteiger partial charge in [0, 0.05) is 46.4 Å². The second-order valence-electron chi connectivity index (χ2n) is 4.81. The number of aryl methyl sites for hydroxylation is 1. The summed E-state index contributed by atoms with van der Waals surface area (Å²) in [6.07, 6.45) is 4.03. The minimum absolute atomic E-state index is 0. The molecule has 0 spiro atoms. The summed E-state index contributed by atoms with van der Waals surface area (Å²) in [7, 11) is 1.59. The molecular weight excluding hydrogens is 470 g/mol. The maximum absolute atomic E-state index is 12.3. The first-order valence-corrected chi connectivity index (χ1v) is 8.12. The molecule has 0 aliphatic carbocycles. The van der Waals surface area contributed by atoms with Crippen LogP contribution < -0.4 is 4.74 Å². The Morgan fingerprint density at radius 3 is 2.77 bits per heavy atom. The minimum atomic E-state index is -0.0177. The van der Waals surface area contributed by atoms with Gasteiger partial charge in [0.2, 0.25) is 5.91 Å². The van der Waals surface area contributed by atoms with E-state index in [9.17, 15) is 4.79 Å². The van der Waals surface area contributed by atoms with E-state index in [0.29, 0.717) is 13.0 Å². The van der Waals surface area contributed by atoms with Crippen molar-refractivity contribution in [2.45, 2.75) is 24.2 Å². The molecule has 2 rings (SSSR count). The van der Waals surface area contributed by atoms with Crippen molar-refractivity contribution in [2.75, 3.05) is 20.4 Å².